The van der Waals surface area contributed by atoms with Crippen LogP contribution in [0.25, 0.3) is 16.7 Å². The van der Waals surface area contributed by atoms with Crippen LogP contribution in [0.15, 0.2) is 42.7 Å². The van der Waals surface area contributed by atoms with Gasteiger partial charge in [-0.15, -0.1) is 0 Å². The second-order valence-electron chi connectivity index (χ2n) is 7.28. The van der Waals surface area contributed by atoms with Gasteiger partial charge in [-0.25, -0.2) is 23.4 Å². The lowest BCUT2D eigenvalue weighted by atomic mass is 10.0. The summed E-state index contributed by atoms with van der Waals surface area (Å²) in [6, 6.07) is 4.74. The van der Waals surface area contributed by atoms with Crippen LogP contribution in [0.3, 0.4) is 0 Å². The fraction of sp³-hybridized carbons (Fsp3) is 0.143. The number of aliphatic hydroxyl groups is 1. The third-order valence-electron chi connectivity index (χ3n) is 4.91. The Kier molecular flexibility index (Phi) is 5.65. The van der Waals surface area contributed by atoms with Crippen LogP contribution in [0.1, 0.15) is 22.9 Å². The molecule has 8 nitrogen and oxygen atoms in total. The Hall–Kier alpha value is -4.13. The van der Waals surface area contributed by atoms with E-state index >= 15 is 0 Å². The topological polar surface area (TPSA) is 119 Å². The van der Waals surface area contributed by atoms with Gasteiger partial charge in [0.1, 0.15) is 28.9 Å². The van der Waals surface area contributed by atoms with Gasteiger partial charge in [-0.05, 0) is 48.9 Å². The molecule has 0 spiro atoms. The first-order valence-corrected chi connectivity index (χ1v) is 9.58. The van der Waals surface area contributed by atoms with E-state index in [1.165, 1.54) is 23.1 Å². The fourth-order valence-corrected chi connectivity index (χ4v) is 3.34. The summed E-state index contributed by atoms with van der Waals surface area (Å²) in [6.07, 6.45) is -5.78. The Labute approximate surface area is 187 Å². The number of fused-ring (bicyclic) bond motifs is 1. The lowest BCUT2D eigenvalue weighted by Crippen LogP contribution is -2.21. The number of rotatable bonds is 4. The first-order chi connectivity index (χ1) is 16.0. The zero-order valence-electron chi connectivity index (χ0n) is 17.2. The Morgan fingerprint density at radius 1 is 1.15 bits per heavy atom. The van der Waals surface area contributed by atoms with Gasteiger partial charge in [0.15, 0.2) is 17.7 Å². The number of alkyl halides is 3. The number of nitrogens with one attached hydrogen (secondary N) is 1. The zero-order chi connectivity index (χ0) is 24.8. The number of hydrogen-bond acceptors (Lipinski definition) is 6. The second kappa shape index (κ2) is 8.33. The van der Waals surface area contributed by atoms with Gasteiger partial charge in [-0.1, -0.05) is 0 Å². The maximum Gasteiger partial charge on any atom is 0.416 e. The average Bonchev–Trinajstić information content (AvgIpc) is 3.10. The van der Waals surface area contributed by atoms with Crippen LogP contribution in [-0.4, -0.2) is 30.8 Å². The fourth-order valence-electron chi connectivity index (χ4n) is 3.34. The van der Waals surface area contributed by atoms with Crippen molar-refractivity contribution >= 4 is 28.4 Å². The number of anilines is 2. The van der Waals surface area contributed by atoms with Crippen molar-refractivity contribution in [1.82, 2.24) is 19.7 Å². The molecule has 4 rings (SSSR count). The third-order valence-corrected chi connectivity index (χ3v) is 4.91. The Balaban J connectivity index is 1.61. The minimum atomic E-state index is -4.88. The van der Waals surface area contributed by atoms with Crippen molar-refractivity contribution in [2.24, 2.45) is 0 Å². The molecule has 1 amide bonds. The summed E-state index contributed by atoms with van der Waals surface area (Å²) in [5, 5.41) is 16.5. The summed E-state index contributed by atoms with van der Waals surface area (Å²) in [4.78, 5) is 20.3. The zero-order valence-corrected chi connectivity index (χ0v) is 17.2. The van der Waals surface area contributed by atoms with Crippen molar-refractivity contribution in [2.45, 2.75) is 19.2 Å². The summed E-state index contributed by atoms with van der Waals surface area (Å²) in [7, 11) is 0. The van der Waals surface area contributed by atoms with Gasteiger partial charge in [0.25, 0.3) is 5.91 Å². The molecular formula is C21H15F5N6O2. The highest BCUT2D eigenvalue weighted by Gasteiger charge is 2.32. The molecule has 1 atom stereocenters. The quantitative estimate of drug-likeness (QED) is 0.385. The van der Waals surface area contributed by atoms with Crippen LogP contribution in [0.5, 0.6) is 0 Å². The van der Waals surface area contributed by atoms with Crippen LogP contribution in [0.4, 0.5) is 33.5 Å². The van der Waals surface area contributed by atoms with Gasteiger partial charge in [-0.2, -0.15) is 18.3 Å². The van der Waals surface area contributed by atoms with Crippen LogP contribution in [0.2, 0.25) is 0 Å². The molecule has 0 fully saturated rings. The number of carbonyl (C=O) groups excluding carboxylic acids is 1. The van der Waals surface area contributed by atoms with Gasteiger partial charge >= 0.3 is 6.18 Å². The van der Waals surface area contributed by atoms with Crippen molar-refractivity contribution in [3.63, 3.8) is 0 Å². The highest BCUT2D eigenvalue weighted by Crippen LogP contribution is 2.32. The number of halogens is 5. The summed E-state index contributed by atoms with van der Waals surface area (Å²) < 4.78 is 68.3. The standard InChI is InChI=1S/C21H15F5N6O2/c1-9-16-17(19(27)29-8-28-16)32(31-9)15-3-2-13(7-14(15)23)30-20(34)18(33)10-4-11(21(24,25)26)6-12(22)5-10/h2-8,18,33H,1H3,(H,30,34)(H2,27,28,29)/t18-/m1/s1. The van der Waals surface area contributed by atoms with Gasteiger partial charge in [0.05, 0.1) is 11.3 Å². The van der Waals surface area contributed by atoms with Crippen LogP contribution in [0, 0.1) is 18.6 Å². The van der Waals surface area contributed by atoms with E-state index in [2.05, 4.69) is 20.4 Å². The Bertz CT molecular complexity index is 1420. The number of aliphatic hydroxyl groups excluding tert-OH is 1. The van der Waals surface area contributed by atoms with E-state index < -0.39 is 40.9 Å². The molecule has 0 aliphatic carbocycles. The highest BCUT2D eigenvalue weighted by molar-refractivity contribution is 5.95. The van der Waals surface area contributed by atoms with E-state index in [1.54, 1.807) is 6.92 Å². The maximum atomic E-state index is 14.9. The van der Waals surface area contributed by atoms with E-state index in [0.717, 1.165) is 6.07 Å². The molecule has 4 aromatic rings. The van der Waals surface area contributed by atoms with E-state index in [4.69, 9.17) is 5.73 Å². The molecular weight excluding hydrogens is 463 g/mol. The number of aryl methyl sites for hydroxylation is 1. The lowest BCUT2D eigenvalue weighted by Gasteiger charge is -2.15. The number of nitrogen functional groups attached to an aromatic ring is 1. The Morgan fingerprint density at radius 3 is 2.56 bits per heavy atom. The average molecular weight is 478 g/mol. The van der Waals surface area contributed by atoms with Gasteiger partial charge in [-0.3, -0.25) is 4.79 Å². The molecule has 2 aromatic carbocycles. The highest BCUT2D eigenvalue weighted by atomic mass is 19.4. The van der Waals surface area contributed by atoms with Crippen LogP contribution < -0.4 is 11.1 Å². The summed E-state index contributed by atoms with van der Waals surface area (Å²) in [6.45, 7) is 1.65. The molecule has 2 aromatic heterocycles. The van der Waals surface area contributed by atoms with Crippen molar-refractivity contribution in [1.29, 1.82) is 0 Å². The Morgan fingerprint density at radius 2 is 1.88 bits per heavy atom. The molecule has 13 heteroatoms. The van der Waals surface area contributed by atoms with Gasteiger partial charge in [0.2, 0.25) is 0 Å². The van der Waals surface area contributed by atoms with Crippen molar-refractivity contribution in [3.05, 3.63) is 71.2 Å². The largest absolute Gasteiger partial charge is 0.416 e. The van der Waals surface area contributed by atoms with Gasteiger partial charge in [0, 0.05) is 5.69 Å². The third kappa shape index (κ3) is 4.24. The number of nitrogens with zero attached hydrogens (tertiary/aromatic N) is 4. The number of hydrogen-bond donors (Lipinski definition) is 3. The molecule has 0 aliphatic heterocycles. The predicted octanol–water partition coefficient (Wildman–Crippen LogP) is 3.68. The SMILES string of the molecule is Cc1nn(-c2ccc(NC(=O)[C@H](O)c3cc(F)cc(C(F)(F)F)c3)cc2F)c2c(N)ncnc12. The second-order valence-corrected chi connectivity index (χ2v) is 7.28. The lowest BCUT2D eigenvalue weighted by molar-refractivity contribution is -0.138. The van der Waals surface area contributed by atoms with Crippen LogP contribution >= 0.6 is 0 Å². The number of carbonyl (C=O) groups is 1. The van der Waals surface area contributed by atoms with Crippen LogP contribution in [-0.2, 0) is 11.0 Å². The van der Waals surface area contributed by atoms with Gasteiger partial charge < -0.3 is 16.2 Å². The predicted molar refractivity (Wildman–Crippen MR) is 111 cm³/mol. The van der Waals surface area contributed by atoms with Crippen molar-refractivity contribution < 1.29 is 31.9 Å². The summed E-state index contributed by atoms with van der Waals surface area (Å²) in [5.74, 6) is -3.25. The number of nitrogens with two attached hydrogens (primary N) is 1. The molecule has 2 heterocycles. The molecule has 0 bridgehead atoms. The number of benzene rings is 2. The summed E-state index contributed by atoms with van der Waals surface area (Å²) >= 11 is 0. The normalized spacial score (nSPS) is 12.7. The molecule has 0 radical (unpaired) electrons. The number of aromatic nitrogens is 4. The first-order valence-electron chi connectivity index (χ1n) is 9.58. The smallest absolute Gasteiger partial charge is 0.382 e. The van der Waals surface area contributed by atoms with E-state index in [-0.39, 0.29) is 28.8 Å². The van der Waals surface area contributed by atoms with Crippen molar-refractivity contribution in [3.8, 4) is 5.69 Å². The minimum Gasteiger partial charge on any atom is -0.382 e. The molecule has 0 saturated carbocycles. The maximum absolute atomic E-state index is 14.9. The van der Waals surface area contributed by atoms with E-state index in [1.807, 2.05) is 0 Å². The number of amides is 1. The van der Waals surface area contributed by atoms with Crippen molar-refractivity contribution in [2.75, 3.05) is 11.1 Å². The molecule has 0 aliphatic rings. The molecule has 0 saturated heterocycles. The van der Waals surface area contributed by atoms with E-state index in [9.17, 15) is 31.9 Å². The molecule has 0 unspecified atom stereocenters. The monoisotopic (exact) mass is 478 g/mol. The van der Waals surface area contributed by atoms with E-state index in [0.29, 0.717) is 23.3 Å². The first kappa shape index (κ1) is 23.0. The molecule has 34 heavy (non-hydrogen) atoms. The molecule has 176 valence electrons. The minimum absolute atomic E-state index is 0.0434. The molecule has 4 N–H and O–H groups in total. The summed E-state index contributed by atoms with van der Waals surface area (Å²) in [5.41, 5.74) is 4.90.